The molecule has 32 heavy (non-hydrogen) atoms. The largest absolute Gasteiger partial charge is 0.336 e. The third-order valence-electron chi connectivity index (χ3n) is 6.77. The van der Waals surface area contributed by atoms with Crippen LogP contribution in [0, 0.1) is 5.82 Å². The van der Waals surface area contributed by atoms with Crippen LogP contribution < -0.4 is 5.32 Å². The van der Waals surface area contributed by atoms with Crippen LogP contribution in [0.3, 0.4) is 0 Å². The van der Waals surface area contributed by atoms with E-state index in [2.05, 4.69) is 11.4 Å². The van der Waals surface area contributed by atoms with Crippen LogP contribution >= 0.6 is 0 Å². The maximum Gasteiger partial charge on any atom is 0.326 e. The Morgan fingerprint density at radius 2 is 1.66 bits per heavy atom. The third kappa shape index (κ3) is 3.64. The van der Waals surface area contributed by atoms with Crippen LogP contribution in [0.4, 0.5) is 9.18 Å². The minimum Gasteiger partial charge on any atom is -0.336 e. The van der Waals surface area contributed by atoms with Crippen molar-refractivity contribution in [2.45, 2.75) is 24.8 Å². The molecular formula is C24H25FN4O3. The summed E-state index contributed by atoms with van der Waals surface area (Å²) in [6.45, 7) is 2.29. The molecule has 8 heteroatoms. The lowest BCUT2D eigenvalue weighted by Gasteiger charge is -2.36. The lowest BCUT2D eigenvalue weighted by atomic mass is 9.78. The van der Waals surface area contributed by atoms with Gasteiger partial charge in [0.25, 0.3) is 11.8 Å². The van der Waals surface area contributed by atoms with Gasteiger partial charge in [-0.3, -0.25) is 14.5 Å². The first kappa shape index (κ1) is 20.6. The van der Waals surface area contributed by atoms with E-state index in [1.54, 1.807) is 4.90 Å². The van der Waals surface area contributed by atoms with Gasteiger partial charge in [0.15, 0.2) is 0 Å². The van der Waals surface area contributed by atoms with Crippen molar-refractivity contribution in [3.05, 3.63) is 71.0 Å². The summed E-state index contributed by atoms with van der Waals surface area (Å²) in [6.07, 6.45) is 1.88. The van der Waals surface area contributed by atoms with Crippen molar-refractivity contribution >= 4 is 17.8 Å². The Hall–Kier alpha value is -3.26. The summed E-state index contributed by atoms with van der Waals surface area (Å²) in [4.78, 5) is 43.7. The fourth-order valence-electron chi connectivity index (χ4n) is 4.90. The van der Waals surface area contributed by atoms with Crippen LogP contribution in [-0.4, -0.2) is 70.9 Å². The summed E-state index contributed by atoms with van der Waals surface area (Å²) in [5, 5.41) is 2.97. The van der Waals surface area contributed by atoms with Crippen molar-refractivity contribution in [3.63, 3.8) is 0 Å². The number of rotatable bonds is 3. The molecule has 2 saturated heterocycles. The van der Waals surface area contributed by atoms with Gasteiger partial charge in [-0.1, -0.05) is 24.3 Å². The van der Waals surface area contributed by atoms with Gasteiger partial charge >= 0.3 is 6.03 Å². The summed E-state index contributed by atoms with van der Waals surface area (Å²) >= 11 is 0. The smallest absolute Gasteiger partial charge is 0.326 e. The van der Waals surface area contributed by atoms with Crippen LogP contribution in [0.15, 0.2) is 48.5 Å². The van der Waals surface area contributed by atoms with Gasteiger partial charge in [-0.15, -0.1) is 0 Å². The van der Waals surface area contributed by atoms with Crippen LogP contribution in [-0.2, 0) is 17.6 Å². The summed E-state index contributed by atoms with van der Waals surface area (Å²) in [7, 11) is 0. The standard InChI is InChI=1S/C24H25FN4O3/c25-20-7-5-18(6-8-20)21(30)28-13-11-27(12-14-28)16-29-22(31)24(26-23(29)32)10-9-17-3-1-2-4-19(17)15-24/h1-8H,9-16H2,(H,26,32). The van der Waals surface area contributed by atoms with Crippen LogP contribution in [0.25, 0.3) is 0 Å². The Morgan fingerprint density at radius 3 is 2.38 bits per heavy atom. The fourth-order valence-corrected chi connectivity index (χ4v) is 4.90. The van der Waals surface area contributed by atoms with E-state index in [4.69, 9.17) is 0 Å². The molecule has 1 N–H and O–H groups in total. The number of hydrogen-bond donors (Lipinski definition) is 1. The highest BCUT2D eigenvalue weighted by molar-refractivity contribution is 6.07. The number of fused-ring (bicyclic) bond motifs is 1. The van der Waals surface area contributed by atoms with Crippen molar-refractivity contribution in [1.82, 2.24) is 20.0 Å². The monoisotopic (exact) mass is 436 g/mol. The fraction of sp³-hybridized carbons (Fsp3) is 0.375. The Bertz CT molecular complexity index is 1070. The van der Waals surface area contributed by atoms with E-state index in [9.17, 15) is 18.8 Å². The lowest BCUT2D eigenvalue weighted by Crippen LogP contribution is -2.54. The molecule has 2 aliphatic heterocycles. The average Bonchev–Trinajstić information content (AvgIpc) is 3.03. The molecule has 5 rings (SSSR count). The SMILES string of the molecule is O=C(c1ccc(F)cc1)N1CCN(CN2C(=O)NC3(CCc4ccccc4C3)C2=O)CC1. The van der Waals surface area contributed by atoms with E-state index in [1.807, 2.05) is 23.1 Å². The molecule has 0 bridgehead atoms. The summed E-state index contributed by atoms with van der Waals surface area (Å²) in [5.74, 6) is -0.680. The number of benzene rings is 2. The second-order valence-electron chi connectivity index (χ2n) is 8.75. The molecule has 166 valence electrons. The van der Waals surface area contributed by atoms with Crippen molar-refractivity contribution in [3.8, 4) is 0 Å². The first-order chi connectivity index (χ1) is 15.4. The van der Waals surface area contributed by atoms with Gasteiger partial charge in [-0.2, -0.15) is 0 Å². The zero-order valence-electron chi connectivity index (χ0n) is 17.7. The van der Waals surface area contributed by atoms with Crippen molar-refractivity contribution < 1.29 is 18.8 Å². The lowest BCUT2D eigenvalue weighted by molar-refractivity contribution is -0.133. The summed E-state index contributed by atoms with van der Waals surface area (Å²) < 4.78 is 13.1. The number of halogens is 1. The Labute approximate surface area is 185 Å². The summed E-state index contributed by atoms with van der Waals surface area (Å²) in [6, 6.07) is 13.2. The second kappa shape index (κ2) is 8.02. The molecule has 1 spiro atoms. The predicted molar refractivity (Wildman–Crippen MR) is 115 cm³/mol. The first-order valence-corrected chi connectivity index (χ1v) is 10.9. The molecule has 1 aliphatic carbocycles. The molecule has 2 aromatic rings. The second-order valence-corrected chi connectivity index (χ2v) is 8.75. The molecule has 3 aliphatic rings. The van der Waals surface area contributed by atoms with Gasteiger partial charge in [0.2, 0.25) is 0 Å². The number of nitrogens with zero attached hydrogens (tertiary/aromatic N) is 3. The summed E-state index contributed by atoms with van der Waals surface area (Å²) in [5.41, 5.74) is 1.95. The maximum absolute atomic E-state index is 13.3. The molecule has 7 nitrogen and oxygen atoms in total. The van der Waals surface area contributed by atoms with Crippen LogP contribution in [0.1, 0.15) is 27.9 Å². The zero-order valence-corrected chi connectivity index (χ0v) is 17.7. The van der Waals surface area contributed by atoms with Gasteiger partial charge in [-0.05, 0) is 48.2 Å². The molecule has 1 atom stereocenters. The Balaban J connectivity index is 1.20. The molecule has 0 aromatic heterocycles. The number of carbonyl (C=O) groups excluding carboxylic acids is 3. The number of imide groups is 1. The predicted octanol–water partition coefficient (Wildman–Crippen LogP) is 2.02. The van der Waals surface area contributed by atoms with Gasteiger partial charge in [0.05, 0.1) is 6.67 Å². The van der Waals surface area contributed by atoms with Crippen LogP contribution in [0.5, 0.6) is 0 Å². The van der Waals surface area contributed by atoms with Crippen LogP contribution in [0.2, 0.25) is 0 Å². The highest BCUT2D eigenvalue weighted by Gasteiger charge is 2.52. The van der Waals surface area contributed by atoms with E-state index < -0.39 is 5.54 Å². The number of aryl methyl sites for hydroxylation is 1. The topological polar surface area (TPSA) is 73.0 Å². The van der Waals surface area contributed by atoms with Gasteiger partial charge < -0.3 is 10.2 Å². The average molecular weight is 436 g/mol. The molecule has 0 saturated carbocycles. The number of urea groups is 1. The normalized spacial score (nSPS) is 23.4. The van der Waals surface area contributed by atoms with E-state index >= 15 is 0 Å². The minimum atomic E-state index is -0.855. The Kier molecular flexibility index (Phi) is 5.17. The number of piperazine rings is 1. The Morgan fingerprint density at radius 1 is 0.969 bits per heavy atom. The zero-order chi connectivity index (χ0) is 22.3. The first-order valence-electron chi connectivity index (χ1n) is 10.9. The quantitative estimate of drug-likeness (QED) is 0.748. The third-order valence-corrected chi connectivity index (χ3v) is 6.77. The number of amides is 4. The molecule has 2 heterocycles. The van der Waals surface area contributed by atoms with Crippen molar-refractivity contribution in [2.24, 2.45) is 0 Å². The highest BCUT2D eigenvalue weighted by atomic mass is 19.1. The highest BCUT2D eigenvalue weighted by Crippen LogP contribution is 2.33. The van der Waals surface area contributed by atoms with E-state index in [1.165, 1.54) is 34.7 Å². The van der Waals surface area contributed by atoms with Gasteiger partial charge in [0.1, 0.15) is 11.4 Å². The molecule has 0 radical (unpaired) electrons. The molecule has 2 fully saturated rings. The van der Waals surface area contributed by atoms with E-state index in [0.29, 0.717) is 44.6 Å². The maximum atomic E-state index is 13.3. The van der Waals surface area contributed by atoms with Gasteiger partial charge in [-0.25, -0.2) is 14.1 Å². The molecule has 1 unspecified atom stereocenters. The minimum absolute atomic E-state index is 0.139. The van der Waals surface area contributed by atoms with E-state index in [0.717, 1.165) is 12.0 Å². The van der Waals surface area contributed by atoms with Crippen molar-refractivity contribution in [2.75, 3.05) is 32.8 Å². The molecular weight excluding hydrogens is 411 g/mol. The molecule has 4 amide bonds. The number of nitrogens with one attached hydrogen (secondary N) is 1. The van der Waals surface area contributed by atoms with Gasteiger partial charge in [0, 0.05) is 38.2 Å². The molecule has 2 aromatic carbocycles. The van der Waals surface area contributed by atoms with Crippen molar-refractivity contribution in [1.29, 1.82) is 0 Å². The number of hydrogen-bond acceptors (Lipinski definition) is 4. The number of carbonyl (C=O) groups is 3. The van der Waals surface area contributed by atoms with E-state index in [-0.39, 0.29) is 30.3 Å².